The Balaban J connectivity index is 1.67. The normalized spacial score (nSPS) is 36.5. The van der Waals surface area contributed by atoms with E-state index in [-0.39, 0.29) is 35.1 Å². The van der Waals surface area contributed by atoms with Gasteiger partial charge in [-0.15, -0.1) is 0 Å². The first-order valence-corrected chi connectivity index (χ1v) is 10.4. The second-order valence-electron chi connectivity index (χ2n) is 8.63. The lowest BCUT2D eigenvalue weighted by molar-refractivity contribution is -0.153. The first kappa shape index (κ1) is 21.1. The zero-order valence-corrected chi connectivity index (χ0v) is 17.3. The molecular weight excluding hydrogens is 424 g/mol. The molecule has 4 aliphatic rings. The van der Waals surface area contributed by atoms with E-state index in [0.717, 1.165) is 0 Å². The molecule has 2 fully saturated rings. The van der Waals surface area contributed by atoms with Crippen molar-refractivity contribution in [2.45, 2.75) is 69.4 Å². The van der Waals surface area contributed by atoms with Gasteiger partial charge in [0.15, 0.2) is 6.10 Å². The van der Waals surface area contributed by atoms with Crippen molar-refractivity contribution in [3.63, 3.8) is 0 Å². The minimum atomic E-state index is -1.22. The van der Waals surface area contributed by atoms with Crippen molar-refractivity contribution in [3.05, 3.63) is 33.9 Å². The van der Waals surface area contributed by atoms with Crippen molar-refractivity contribution in [2.75, 3.05) is 0 Å². The number of Topliss-reactive ketones (excluding diaryl/α,β-unsaturated/α-hetero) is 2. The summed E-state index contributed by atoms with van der Waals surface area (Å²) >= 11 is 0. The maximum atomic E-state index is 13.0. The minimum absolute atomic E-state index is 0.0325. The van der Waals surface area contributed by atoms with E-state index in [1.807, 2.05) is 0 Å². The summed E-state index contributed by atoms with van der Waals surface area (Å²) in [5.74, 6) is -3.66. The number of hydrogen-bond donors (Lipinski definition) is 4. The molecule has 5 rings (SSSR count). The monoisotopic (exact) mass is 446 g/mol. The summed E-state index contributed by atoms with van der Waals surface area (Å²) in [6.07, 6.45) is -6.63. The first-order valence-electron chi connectivity index (χ1n) is 10.4. The summed E-state index contributed by atoms with van der Waals surface area (Å²) in [6, 6.07) is 1.43. The van der Waals surface area contributed by atoms with Crippen LogP contribution in [0.25, 0.3) is 5.76 Å². The number of aromatic hydroxyl groups is 1. The van der Waals surface area contributed by atoms with Crippen LogP contribution < -0.4 is 0 Å². The molecule has 0 amide bonds. The van der Waals surface area contributed by atoms with Gasteiger partial charge < -0.3 is 34.6 Å². The fourth-order valence-corrected chi connectivity index (χ4v) is 5.07. The van der Waals surface area contributed by atoms with Crippen molar-refractivity contribution < 1.29 is 49.0 Å². The van der Waals surface area contributed by atoms with Crippen LogP contribution in [0, 0.1) is 0 Å². The number of carbonyl (C=O) groups excluding carboxylic acids is 3. The molecule has 0 bridgehead atoms. The fourth-order valence-electron chi connectivity index (χ4n) is 5.07. The van der Waals surface area contributed by atoms with E-state index in [9.17, 15) is 34.8 Å². The van der Waals surface area contributed by atoms with Crippen LogP contribution in [-0.4, -0.2) is 68.5 Å². The molecule has 7 atom stereocenters. The zero-order valence-electron chi connectivity index (χ0n) is 17.3. The van der Waals surface area contributed by atoms with E-state index in [1.54, 1.807) is 6.92 Å². The van der Waals surface area contributed by atoms with Crippen molar-refractivity contribution in [1.29, 1.82) is 0 Å². The molecule has 10 heteroatoms. The zero-order chi connectivity index (χ0) is 23.1. The molecular formula is C22H22O10. The van der Waals surface area contributed by atoms with E-state index in [1.165, 1.54) is 13.0 Å². The van der Waals surface area contributed by atoms with Crippen LogP contribution >= 0.6 is 0 Å². The number of ketones is 2. The summed E-state index contributed by atoms with van der Waals surface area (Å²) < 4.78 is 16.7. The van der Waals surface area contributed by atoms with Crippen LogP contribution in [0.15, 0.2) is 11.6 Å². The highest BCUT2D eigenvalue weighted by Crippen LogP contribution is 2.50. The third-order valence-corrected chi connectivity index (χ3v) is 6.65. The van der Waals surface area contributed by atoms with Crippen molar-refractivity contribution in [2.24, 2.45) is 0 Å². The summed E-state index contributed by atoms with van der Waals surface area (Å²) in [4.78, 5) is 37.7. The van der Waals surface area contributed by atoms with E-state index >= 15 is 0 Å². The Morgan fingerprint density at radius 3 is 2.44 bits per heavy atom. The average molecular weight is 446 g/mol. The number of aliphatic hydroxyl groups excluding tert-OH is 3. The summed E-state index contributed by atoms with van der Waals surface area (Å²) in [7, 11) is 0. The number of benzene rings is 1. The fraction of sp³-hybridized carbons (Fsp3) is 0.500. The molecule has 32 heavy (non-hydrogen) atoms. The Labute approximate surface area is 182 Å². The molecule has 0 saturated carbocycles. The van der Waals surface area contributed by atoms with E-state index < -0.39 is 71.8 Å². The summed E-state index contributed by atoms with van der Waals surface area (Å²) in [6.45, 7) is 3.14. The van der Waals surface area contributed by atoms with Crippen LogP contribution in [0.2, 0.25) is 0 Å². The van der Waals surface area contributed by atoms with Crippen LogP contribution in [0.5, 0.6) is 5.75 Å². The maximum absolute atomic E-state index is 13.0. The largest absolute Gasteiger partial charge is 0.507 e. The number of ether oxygens (including phenoxy) is 3. The van der Waals surface area contributed by atoms with Crippen LogP contribution in [0.1, 0.15) is 65.9 Å². The van der Waals surface area contributed by atoms with E-state index in [2.05, 4.69) is 0 Å². The average Bonchev–Trinajstić information content (AvgIpc) is 3.10. The maximum Gasteiger partial charge on any atom is 0.309 e. The molecule has 10 nitrogen and oxygen atoms in total. The standard InChI is InChI=1S/C22H22O10/c1-6-14-9(22-12(30-6)5-13(24)32-22)3-8-15(19(14)27)20(28)21(29)16(18(8)26)11-4-10(23)17(25)7(2)31-11/h3,6-7,10-12,17,22-23,25-27H,4-5H2,1-2H3/t6-,7?,10?,11?,12?,17?,22?/m0/s1. The van der Waals surface area contributed by atoms with Gasteiger partial charge in [-0.25, -0.2) is 0 Å². The van der Waals surface area contributed by atoms with Crippen molar-refractivity contribution >= 4 is 23.3 Å². The second kappa shape index (κ2) is 7.11. The molecule has 6 unspecified atom stereocenters. The number of phenols is 1. The van der Waals surface area contributed by atoms with E-state index in [0.29, 0.717) is 5.56 Å². The number of phenolic OH excluding ortho intramolecular Hbond substituents is 1. The number of hydrogen-bond acceptors (Lipinski definition) is 10. The quantitative estimate of drug-likeness (QED) is 0.358. The molecule has 0 spiro atoms. The predicted octanol–water partition coefficient (Wildman–Crippen LogP) is 0.774. The Morgan fingerprint density at radius 1 is 1.03 bits per heavy atom. The van der Waals surface area contributed by atoms with Gasteiger partial charge in [0.05, 0.1) is 42.0 Å². The van der Waals surface area contributed by atoms with Crippen molar-refractivity contribution in [3.8, 4) is 5.75 Å². The summed E-state index contributed by atoms with van der Waals surface area (Å²) in [5, 5.41) is 42.0. The van der Waals surface area contributed by atoms with E-state index in [4.69, 9.17) is 14.2 Å². The third-order valence-electron chi connectivity index (χ3n) is 6.65. The van der Waals surface area contributed by atoms with Crippen molar-refractivity contribution in [1.82, 2.24) is 0 Å². The molecule has 3 heterocycles. The molecule has 170 valence electrons. The molecule has 2 saturated heterocycles. The van der Waals surface area contributed by atoms with Gasteiger partial charge >= 0.3 is 5.97 Å². The topological polar surface area (TPSA) is 160 Å². The minimum Gasteiger partial charge on any atom is -0.507 e. The van der Waals surface area contributed by atoms with Gasteiger partial charge in [-0.05, 0) is 19.9 Å². The van der Waals surface area contributed by atoms with Gasteiger partial charge in [0.1, 0.15) is 23.7 Å². The molecule has 1 aromatic rings. The third kappa shape index (κ3) is 2.83. The Bertz CT molecular complexity index is 1080. The molecule has 1 aromatic carbocycles. The van der Waals surface area contributed by atoms with Gasteiger partial charge in [0.2, 0.25) is 11.6 Å². The molecule has 4 N–H and O–H groups in total. The number of esters is 1. The second-order valence-corrected chi connectivity index (χ2v) is 8.63. The van der Waals surface area contributed by atoms with Crippen LogP contribution in [-0.2, 0) is 23.8 Å². The molecule has 1 aliphatic carbocycles. The number of rotatable bonds is 1. The van der Waals surface area contributed by atoms with Crippen LogP contribution in [0.3, 0.4) is 0 Å². The predicted molar refractivity (Wildman–Crippen MR) is 105 cm³/mol. The van der Waals surface area contributed by atoms with Gasteiger partial charge in [0.25, 0.3) is 0 Å². The first-order chi connectivity index (χ1) is 15.1. The van der Waals surface area contributed by atoms with Gasteiger partial charge in [0, 0.05) is 23.1 Å². The lowest BCUT2D eigenvalue weighted by atomic mass is 9.79. The smallest absolute Gasteiger partial charge is 0.309 e. The lowest BCUT2D eigenvalue weighted by Crippen LogP contribution is -2.49. The number of aliphatic hydroxyl groups is 3. The van der Waals surface area contributed by atoms with Gasteiger partial charge in [-0.1, -0.05) is 0 Å². The number of carbonyl (C=O) groups is 3. The van der Waals surface area contributed by atoms with Gasteiger partial charge in [-0.2, -0.15) is 0 Å². The highest BCUT2D eigenvalue weighted by molar-refractivity contribution is 6.53. The summed E-state index contributed by atoms with van der Waals surface area (Å²) in [5.41, 5.74) is -0.193. The van der Waals surface area contributed by atoms with Gasteiger partial charge in [-0.3, -0.25) is 14.4 Å². The Kier molecular flexibility index (Phi) is 4.68. The molecule has 0 radical (unpaired) electrons. The Hall–Kier alpha value is -2.79. The number of fused-ring (bicyclic) bond motifs is 4. The highest BCUT2D eigenvalue weighted by Gasteiger charge is 2.48. The molecule has 3 aliphatic heterocycles. The Morgan fingerprint density at radius 2 is 1.75 bits per heavy atom. The molecule has 0 aromatic heterocycles. The highest BCUT2D eigenvalue weighted by atomic mass is 16.6. The SMILES string of the molecule is CC1OC(C2=C(O)c3cc4c(c(O)c3C(=O)C2=O)[C@H](C)OC2CC(=O)OC42)CC(O)C1O. The lowest BCUT2D eigenvalue weighted by Gasteiger charge is -2.37. The van der Waals surface area contributed by atoms with Crippen LogP contribution in [0.4, 0.5) is 0 Å².